The fourth-order valence-corrected chi connectivity index (χ4v) is 1.01. The lowest BCUT2D eigenvalue weighted by Crippen LogP contribution is -2.52. The van der Waals surface area contributed by atoms with Crippen LogP contribution in [0.3, 0.4) is 0 Å². The highest BCUT2D eigenvalue weighted by molar-refractivity contribution is 5.88. The minimum absolute atomic E-state index is 0.0233. The van der Waals surface area contributed by atoms with E-state index in [0.29, 0.717) is 0 Å². The predicted molar refractivity (Wildman–Crippen MR) is 54.2 cm³/mol. The van der Waals surface area contributed by atoms with Crippen LogP contribution in [0.5, 0.6) is 0 Å². The summed E-state index contributed by atoms with van der Waals surface area (Å²) in [4.78, 5) is 22.3. The van der Waals surface area contributed by atoms with Crippen molar-refractivity contribution in [3.05, 3.63) is 0 Å². The SMILES string of the molecule is CCC(C)C(NC(=O)C(C)N)C(N)=O. The predicted octanol–water partition coefficient (Wildman–Crippen LogP) is -0.650. The van der Waals surface area contributed by atoms with Gasteiger partial charge in [-0.05, 0) is 12.8 Å². The molecular weight excluding hydrogens is 182 g/mol. The van der Waals surface area contributed by atoms with Crippen molar-refractivity contribution >= 4 is 11.8 Å². The number of hydrogen-bond donors (Lipinski definition) is 3. The van der Waals surface area contributed by atoms with Gasteiger partial charge in [0.2, 0.25) is 11.8 Å². The number of amides is 2. The first-order chi connectivity index (χ1) is 6.40. The minimum Gasteiger partial charge on any atom is -0.368 e. The Balaban J connectivity index is 4.38. The second-order valence-corrected chi connectivity index (χ2v) is 3.56. The minimum atomic E-state index is -0.626. The molecule has 0 fully saturated rings. The molecule has 0 rings (SSSR count). The molecule has 5 heteroatoms. The van der Waals surface area contributed by atoms with Crippen molar-refractivity contribution < 1.29 is 9.59 Å². The zero-order valence-corrected chi connectivity index (χ0v) is 8.91. The molecule has 14 heavy (non-hydrogen) atoms. The van der Waals surface area contributed by atoms with Crippen molar-refractivity contribution in [2.24, 2.45) is 17.4 Å². The van der Waals surface area contributed by atoms with Gasteiger partial charge in [-0.1, -0.05) is 20.3 Å². The van der Waals surface area contributed by atoms with E-state index in [-0.39, 0.29) is 11.8 Å². The lowest BCUT2D eigenvalue weighted by Gasteiger charge is -2.21. The molecule has 0 spiro atoms. The Morgan fingerprint density at radius 3 is 2.14 bits per heavy atom. The Bertz CT molecular complexity index is 216. The number of carbonyl (C=O) groups is 2. The number of nitrogens with one attached hydrogen (secondary N) is 1. The van der Waals surface area contributed by atoms with Crippen LogP contribution in [0.1, 0.15) is 27.2 Å². The quantitative estimate of drug-likeness (QED) is 0.551. The summed E-state index contributed by atoms with van der Waals surface area (Å²) < 4.78 is 0. The molecule has 0 aliphatic rings. The molecular formula is C9H19N3O2. The molecule has 5 nitrogen and oxygen atoms in total. The van der Waals surface area contributed by atoms with Gasteiger partial charge in [-0.15, -0.1) is 0 Å². The maximum atomic E-state index is 11.2. The zero-order valence-electron chi connectivity index (χ0n) is 8.91. The molecule has 0 heterocycles. The smallest absolute Gasteiger partial charge is 0.240 e. The van der Waals surface area contributed by atoms with E-state index in [4.69, 9.17) is 11.5 Å². The van der Waals surface area contributed by atoms with Crippen molar-refractivity contribution in [3.8, 4) is 0 Å². The molecule has 0 aliphatic carbocycles. The normalized spacial score (nSPS) is 16.9. The monoisotopic (exact) mass is 201 g/mol. The summed E-state index contributed by atoms with van der Waals surface area (Å²) >= 11 is 0. The van der Waals surface area contributed by atoms with Crippen LogP contribution in [0, 0.1) is 5.92 Å². The van der Waals surface area contributed by atoms with E-state index < -0.39 is 18.0 Å². The Morgan fingerprint density at radius 2 is 1.86 bits per heavy atom. The second-order valence-electron chi connectivity index (χ2n) is 3.56. The fraction of sp³-hybridized carbons (Fsp3) is 0.778. The third-order valence-corrected chi connectivity index (χ3v) is 2.23. The van der Waals surface area contributed by atoms with Gasteiger partial charge in [-0.3, -0.25) is 9.59 Å². The maximum absolute atomic E-state index is 11.2. The summed E-state index contributed by atoms with van der Waals surface area (Å²) in [6.07, 6.45) is 0.771. The molecule has 0 bridgehead atoms. The van der Waals surface area contributed by atoms with Crippen LogP contribution in [0.2, 0.25) is 0 Å². The first-order valence-corrected chi connectivity index (χ1v) is 4.75. The van der Waals surface area contributed by atoms with E-state index in [9.17, 15) is 9.59 Å². The molecule has 0 saturated heterocycles. The van der Waals surface area contributed by atoms with Crippen molar-refractivity contribution in [3.63, 3.8) is 0 Å². The van der Waals surface area contributed by atoms with Crippen molar-refractivity contribution in [2.75, 3.05) is 0 Å². The molecule has 3 atom stereocenters. The summed E-state index contributed by atoms with van der Waals surface area (Å²) in [5.74, 6) is -0.849. The summed E-state index contributed by atoms with van der Waals surface area (Å²) in [5.41, 5.74) is 10.5. The van der Waals surface area contributed by atoms with Gasteiger partial charge in [0, 0.05) is 0 Å². The Morgan fingerprint density at radius 1 is 1.36 bits per heavy atom. The highest BCUT2D eigenvalue weighted by atomic mass is 16.2. The lowest BCUT2D eigenvalue weighted by atomic mass is 9.98. The number of primary amides is 1. The molecule has 3 unspecified atom stereocenters. The van der Waals surface area contributed by atoms with Gasteiger partial charge < -0.3 is 16.8 Å². The molecule has 0 aromatic heterocycles. The van der Waals surface area contributed by atoms with Crippen molar-refractivity contribution in [1.82, 2.24) is 5.32 Å². The molecule has 0 aliphatic heterocycles. The molecule has 5 N–H and O–H groups in total. The summed E-state index contributed by atoms with van der Waals surface area (Å²) in [6, 6.07) is -1.25. The van der Waals surface area contributed by atoms with Crippen LogP contribution < -0.4 is 16.8 Å². The van der Waals surface area contributed by atoms with Gasteiger partial charge in [-0.2, -0.15) is 0 Å². The van der Waals surface area contributed by atoms with Gasteiger partial charge in [0.05, 0.1) is 6.04 Å². The number of carbonyl (C=O) groups excluding carboxylic acids is 2. The van der Waals surface area contributed by atoms with E-state index >= 15 is 0 Å². The van der Waals surface area contributed by atoms with Crippen LogP contribution in [0.25, 0.3) is 0 Å². The second kappa shape index (κ2) is 5.59. The third-order valence-electron chi connectivity index (χ3n) is 2.23. The highest BCUT2D eigenvalue weighted by Gasteiger charge is 2.24. The average Bonchev–Trinajstić information content (AvgIpc) is 2.11. The van der Waals surface area contributed by atoms with Gasteiger partial charge >= 0.3 is 0 Å². The molecule has 0 radical (unpaired) electrons. The standard InChI is InChI=1S/C9H19N3O2/c1-4-5(2)7(8(11)13)12-9(14)6(3)10/h5-7H,4,10H2,1-3H3,(H2,11,13)(H,12,14). The van der Waals surface area contributed by atoms with E-state index in [1.807, 2.05) is 13.8 Å². The zero-order chi connectivity index (χ0) is 11.3. The molecule has 0 saturated carbocycles. The van der Waals surface area contributed by atoms with Crippen LogP contribution in [0.15, 0.2) is 0 Å². The maximum Gasteiger partial charge on any atom is 0.240 e. The van der Waals surface area contributed by atoms with Crippen LogP contribution in [-0.2, 0) is 9.59 Å². The van der Waals surface area contributed by atoms with E-state index in [1.54, 1.807) is 6.92 Å². The summed E-state index contributed by atoms with van der Waals surface area (Å²) in [6.45, 7) is 5.35. The molecule has 2 amide bonds. The number of hydrogen-bond acceptors (Lipinski definition) is 3. The van der Waals surface area contributed by atoms with Gasteiger partial charge in [0.1, 0.15) is 6.04 Å². The van der Waals surface area contributed by atoms with E-state index in [1.165, 1.54) is 0 Å². The van der Waals surface area contributed by atoms with Crippen LogP contribution in [0.4, 0.5) is 0 Å². The largest absolute Gasteiger partial charge is 0.368 e. The van der Waals surface area contributed by atoms with Crippen molar-refractivity contribution in [1.29, 1.82) is 0 Å². The first kappa shape index (κ1) is 12.9. The topological polar surface area (TPSA) is 98.2 Å². The number of nitrogens with two attached hydrogens (primary N) is 2. The van der Waals surface area contributed by atoms with Gasteiger partial charge in [0.15, 0.2) is 0 Å². The molecule has 82 valence electrons. The van der Waals surface area contributed by atoms with E-state index in [2.05, 4.69) is 5.32 Å². The van der Waals surface area contributed by atoms with Crippen molar-refractivity contribution in [2.45, 2.75) is 39.3 Å². The Hall–Kier alpha value is -1.10. The Kier molecular flexibility index (Phi) is 5.15. The highest BCUT2D eigenvalue weighted by Crippen LogP contribution is 2.07. The lowest BCUT2D eigenvalue weighted by molar-refractivity contribution is -0.129. The van der Waals surface area contributed by atoms with E-state index in [0.717, 1.165) is 6.42 Å². The number of rotatable bonds is 5. The Labute approximate surface area is 84.2 Å². The molecule has 0 aromatic rings. The summed E-state index contributed by atoms with van der Waals surface area (Å²) in [7, 11) is 0. The first-order valence-electron chi connectivity index (χ1n) is 4.75. The average molecular weight is 201 g/mol. The van der Waals surface area contributed by atoms with Gasteiger partial charge in [0.25, 0.3) is 0 Å². The van der Waals surface area contributed by atoms with Crippen LogP contribution >= 0.6 is 0 Å². The van der Waals surface area contributed by atoms with Gasteiger partial charge in [-0.25, -0.2) is 0 Å². The fourth-order valence-electron chi connectivity index (χ4n) is 1.01. The third kappa shape index (κ3) is 3.74. The molecule has 0 aromatic carbocycles. The summed E-state index contributed by atoms with van der Waals surface area (Å²) in [5, 5.41) is 2.53. The van der Waals surface area contributed by atoms with Crippen LogP contribution in [-0.4, -0.2) is 23.9 Å².